The number of halogens is 2. The van der Waals surface area contributed by atoms with Crippen molar-refractivity contribution < 1.29 is 9.72 Å². The molecule has 0 saturated heterocycles. The normalized spacial score (nSPS) is 10.1. The highest BCUT2D eigenvalue weighted by Crippen LogP contribution is 2.28. The summed E-state index contributed by atoms with van der Waals surface area (Å²) in [4.78, 5) is 22.3. The monoisotopic (exact) mass is 398 g/mol. The molecule has 20 heavy (non-hydrogen) atoms. The van der Waals surface area contributed by atoms with E-state index in [4.69, 9.17) is 0 Å². The molecule has 5 nitrogen and oxygen atoms in total. The van der Waals surface area contributed by atoms with E-state index in [0.29, 0.717) is 15.7 Å². The lowest BCUT2D eigenvalue weighted by Gasteiger charge is -2.06. The fraction of sp³-hybridized carbons (Fsp3) is 0. The number of anilines is 1. The van der Waals surface area contributed by atoms with Gasteiger partial charge in [0.05, 0.1) is 9.40 Å². The lowest BCUT2D eigenvalue weighted by atomic mass is 10.2. The second kappa shape index (κ2) is 6.15. The van der Waals surface area contributed by atoms with Crippen LogP contribution in [-0.2, 0) is 0 Å². The minimum atomic E-state index is -0.515. The molecule has 0 atom stereocenters. The van der Waals surface area contributed by atoms with Gasteiger partial charge in [0.2, 0.25) is 0 Å². The summed E-state index contributed by atoms with van der Waals surface area (Å²) in [5.74, 6) is -0.325. The Balaban J connectivity index is 2.21. The molecule has 2 rings (SSSR count). The Morgan fingerprint density at radius 1 is 1.10 bits per heavy atom. The van der Waals surface area contributed by atoms with Crippen molar-refractivity contribution in [1.82, 2.24) is 0 Å². The van der Waals surface area contributed by atoms with Crippen molar-refractivity contribution in [3.8, 4) is 0 Å². The average molecular weight is 400 g/mol. The maximum Gasteiger partial charge on any atom is 0.285 e. The second-order valence-corrected chi connectivity index (χ2v) is 5.65. The van der Waals surface area contributed by atoms with Crippen LogP contribution in [0.1, 0.15) is 10.4 Å². The molecule has 0 saturated carbocycles. The summed E-state index contributed by atoms with van der Waals surface area (Å²) in [7, 11) is 0. The molecule has 7 heteroatoms. The van der Waals surface area contributed by atoms with E-state index in [1.807, 2.05) is 0 Å². The van der Waals surface area contributed by atoms with Crippen LogP contribution in [0.5, 0.6) is 0 Å². The molecular formula is C13H8Br2N2O3. The van der Waals surface area contributed by atoms with Crippen LogP contribution >= 0.6 is 31.9 Å². The Labute approximate surface area is 131 Å². The Kier molecular flexibility index (Phi) is 4.51. The van der Waals surface area contributed by atoms with Gasteiger partial charge in [-0.25, -0.2) is 0 Å². The van der Waals surface area contributed by atoms with Gasteiger partial charge in [-0.2, -0.15) is 0 Å². The van der Waals surface area contributed by atoms with E-state index in [2.05, 4.69) is 37.2 Å². The molecule has 2 aromatic rings. The molecule has 0 aliphatic heterocycles. The molecule has 0 heterocycles. The van der Waals surface area contributed by atoms with Gasteiger partial charge in [-0.05, 0) is 52.3 Å². The molecule has 0 bridgehead atoms. The molecular weight excluding hydrogens is 392 g/mol. The van der Waals surface area contributed by atoms with Crippen LogP contribution in [0.25, 0.3) is 0 Å². The molecule has 0 aromatic heterocycles. The van der Waals surface area contributed by atoms with Gasteiger partial charge in [-0.3, -0.25) is 14.9 Å². The third kappa shape index (κ3) is 3.43. The van der Waals surface area contributed by atoms with Gasteiger partial charge in [0.1, 0.15) is 0 Å². The van der Waals surface area contributed by atoms with Crippen LogP contribution in [0.4, 0.5) is 11.4 Å². The van der Waals surface area contributed by atoms with Crippen LogP contribution in [-0.4, -0.2) is 10.8 Å². The van der Waals surface area contributed by atoms with Crippen molar-refractivity contribution in [2.45, 2.75) is 0 Å². The van der Waals surface area contributed by atoms with Crippen LogP contribution in [0.2, 0.25) is 0 Å². The van der Waals surface area contributed by atoms with Crippen molar-refractivity contribution >= 4 is 49.1 Å². The van der Waals surface area contributed by atoms with Crippen molar-refractivity contribution in [2.24, 2.45) is 0 Å². The van der Waals surface area contributed by atoms with E-state index in [1.165, 1.54) is 12.1 Å². The topological polar surface area (TPSA) is 72.2 Å². The van der Waals surface area contributed by atoms with Crippen molar-refractivity contribution in [2.75, 3.05) is 5.32 Å². The van der Waals surface area contributed by atoms with Crippen molar-refractivity contribution in [3.05, 3.63) is 67.1 Å². The number of hydrogen-bond acceptors (Lipinski definition) is 3. The Bertz CT molecular complexity index is 672. The predicted molar refractivity (Wildman–Crippen MR) is 82.9 cm³/mol. The molecule has 1 N–H and O–H groups in total. The van der Waals surface area contributed by atoms with Gasteiger partial charge < -0.3 is 5.32 Å². The molecule has 0 aliphatic rings. The largest absolute Gasteiger partial charge is 0.322 e. The molecule has 1 amide bonds. The number of hydrogen-bond donors (Lipinski definition) is 1. The second-order valence-electron chi connectivity index (χ2n) is 3.88. The number of carbonyl (C=O) groups is 1. The van der Waals surface area contributed by atoms with Gasteiger partial charge in [-0.15, -0.1) is 0 Å². The lowest BCUT2D eigenvalue weighted by molar-refractivity contribution is -0.385. The van der Waals surface area contributed by atoms with Gasteiger partial charge >= 0.3 is 0 Å². The van der Waals surface area contributed by atoms with E-state index in [-0.39, 0.29) is 11.6 Å². The zero-order valence-corrected chi connectivity index (χ0v) is 13.1. The summed E-state index contributed by atoms with van der Waals surface area (Å²) in [6.45, 7) is 0. The molecule has 0 spiro atoms. The Hall–Kier alpha value is -1.73. The van der Waals surface area contributed by atoms with Crippen molar-refractivity contribution in [3.63, 3.8) is 0 Å². The summed E-state index contributed by atoms with van der Waals surface area (Å²) in [5.41, 5.74) is 0.741. The number of nitrogens with one attached hydrogen (secondary N) is 1. The summed E-state index contributed by atoms with van der Waals surface area (Å²) in [6, 6.07) is 11.2. The zero-order chi connectivity index (χ0) is 14.7. The van der Waals surface area contributed by atoms with Crippen LogP contribution < -0.4 is 5.32 Å². The molecule has 2 aromatic carbocycles. The molecule has 102 valence electrons. The standard InChI is InChI=1S/C13H8Br2N2O3/c14-9-3-1-8(2-4-9)13(18)16-10-5-6-11(15)12(7-10)17(19)20/h1-7H,(H,16,18). The van der Waals surface area contributed by atoms with E-state index in [1.54, 1.807) is 30.3 Å². The Morgan fingerprint density at radius 3 is 2.35 bits per heavy atom. The number of carbonyl (C=O) groups excluding carboxylic acids is 1. The molecule has 0 aliphatic carbocycles. The summed E-state index contributed by atoms with van der Waals surface area (Å²) < 4.78 is 1.23. The lowest BCUT2D eigenvalue weighted by Crippen LogP contribution is -2.11. The minimum absolute atomic E-state index is 0.0985. The van der Waals surface area contributed by atoms with Gasteiger partial charge in [-0.1, -0.05) is 15.9 Å². The number of nitro groups is 1. The van der Waals surface area contributed by atoms with Gasteiger partial charge in [0.25, 0.3) is 11.6 Å². The van der Waals surface area contributed by atoms with Crippen molar-refractivity contribution in [1.29, 1.82) is 0 Å². The number of nitro benzene ring substituents is 1. The van der Waals surface area contributed by atoms with Crippen LogP contribution in [0.15, 0.2) is 51.4 Å². The first kappa shape index (κ1) is 14.7. The summed E-state index contributed by atoms with van der Waals surface area (Å²) >= 11 is 6.37. The van der Waals surface area contributed by atoms with E-state index < -0.39 is 4.92 Å². The number of nitrogens with zero attached hydrogens (tertiary/aromatic N) is 1. The van der Waals surface area contributed by atoms with Crippen LogP contribution in [0, 0.1) is 10.1 Å². The number of rotatable bonds is 3. The quantitative estimate of drug-likeness (QED) is 0.615. The first-order valence-corrected chi connectivity index (χ1v) is 7.07. The fourth-order valence-electron chi connectivity index (χ4n) is 1.53. The molecule has 0 unspecified atom stereocenters. The third-order valence-corrected chi connectivity index (χ3v) is 3.71. The van der Waals surface area contributed by atoms with Gasteiger partial charge in [0.15, 0.2) is 0 Å². The maximum absolute atomic E-state index is 12.0. The van der Waals surface area contributed by atoms with E-state index in [9.17, 15) is 14.9 Å². The van der Waals surface area contributed by atoms with Crippen LogP contribution in [0.3, 0.4) is 0 Å². The summed E-state index contributed by atoms with van der Waals surface area (Å²) in [5, 5.41) is 13.4. The highest BCUT2D eigenvalue weighted by atomic mass is 79.9. The third-order valence-electron chi connectivity index (χ3n) is 2.51. The first-order valence-electron chi connectivity index (χ1n) is 5.48. The number of benzene rings is 2. The maximum atomic E-state index is 12.0. The van der Waals surface area contributed by atoms with Gasteiger partial charge in [0, 0.05) is 21.8 Å². The SMILES string of the molecule is O=C(Nc1ccc(Br)c([N+](=O)[O-])c1)c1ccc(Br)cc1. The number of amides is 1. The molecule has 0 fully saturated rings. The molecule has 0 radical (unpaired) electrons. The average Bonchev–Trinajstić information content (AvgIpc) is 2.41. The zero-order valence-electron chi connectivity index (χ0n) is 9.97. The first-order chi connectivity index (χ1) is 9.47. The van der Waals surface area contributed by atoms with E-state index >= 15 is 0 Å². The fourth-order valence-corrected chi connectivity index (χ4v) is 2.19. The van der Waals surface area contributed by atoms with E-state index in [0.717, 1.165) is 4.47 Å². The predicted octanol–water partition coefficient (Wildman–Crippen LogP) is 4.37. The highest BCUT2D eigenvalue weighted by Gasteiger charge is 2.14. The summed E-state index contributed by atoms with van der Waals surface area (Å²) in [6.07, 6.45) is 0. The minimum Gasteiger partial charge on any atom is -0.322 e. The smallest absolute Gasteiger partial charge is 0.285 e. The Morgan fingerprint density at radius 2 is 1.75 bits per heavy atom. The highest BCUT2D eigenvalue weighted by molar-refractivity contribution is 9.10.